The van der Waals surface area contributed by atoms with Crippen molar-refractivity contribution in [2.45, 2.75) is 46.6 Å². The molecule has 0 aliphatic carbocycles. The highest BCUT2D eigenvalue weighted by molar-refractivity contribution is 5.97. The number of rotatable bonds is 8. The molecule has 1 aromatic carbocycles. The normalized spacial score (nSPS) is 15.7. The van der Waals surface area contributed by atoms with Crippen LogP contribution in [0.2, 0.25) is 0 Å². The number of carbonyl (C=O) groups is 3. The van der Waals surface area contributed by atoms with E-state index >= 15 is 0 Å². The van der Waals surface area contributed by atoms with Crippen molar-refractivity contribution in [3.05, 3.63) is 29.8 Å². The van der Waals surface area contributed by atoms with E-state index in [1.807, 2.05) is 20.8 Å². The molecule has 0 unspecified atom stereocenters. The maximum absolute atomic E-state index is 13.0. The van der Waals surface area contributed by atoms with Gasteiger partial charge in [-0.3, -0.25) is 14.4 Å². The van der Waals surface area contributed by atoms with Crippen LogP contribution < -0.4 is 10.1 Å². The molecule has 7 nitrogen and oxygen atoms in total. The fourth-order valence-corrected chi connectivity index (χ4v) is 3.40. The molecule has 1 aliphatic rings. The van der Waals surface area contributed by atoms with Gasteiger partial charge in [0, 0.05) is 18.7 Å². The summed E-state index contributed by atoms with van der Waals surface area (Å²) in [4.78, 5) is 39.3. The molecule has 1 N–H and O–H groups in total. The van der Waals surface area contributed by atoms with Gasteiger partial charge >= 0.3 is 5.97 Å². The smallest absolute Gasteiger partial charge is 0.309 e. The zero-order chi connectivity index (χ0) is 21.4. The van der Waals surface area contributed by atoms with Gasteiger partial charge in [-0.2, -0.15) is 0 Å². The number of likely N-dealkylation sites (tertiary alicyclic amines) is 1. The summed E-state index contributed by atoms with van der Waals surface area (Å²) >= 11 is 0. The highest BCUT2D eigenvalue weighted by Gasteiger charge is 2.33. The minimum Gasteiger partial charge on any atom is -0.494 e. The van der Waals surface area contributed by atoms with E-state index in [1.165, 1.54) is 0 Å². The molecule has 1 aromatic rings. The van der Waals surface area contributed by atoms with Crippen molar-refractivity contribution in [3.8, 4) is 5.75 Å². The first-order valence-electron chi connectivity index (χ1n) is 10.4. The van der Waals surface area contributed by atoms with E-state index in [0.29, 0.717) is 50.5 Å². The van der Waals surface area contributed by atoms with Gasteiger partial charge in [-0.25, -0.2) is 0 Å². The summed E-state index contributed by atoms with van der Waals surface area (Å²) < 4.78 is 10.5. The zero-order valence-electron chi connectivity index (χ0n) is 17.8. The molecule has 0 aromatic heterocycles. The monoisotopic (exact) mass is 404 g/mol. The Labute approximate surface area is 172 Å². The second-order valence-electron chi connectivity index (χ2n) is 7.50. The van der Waals surface area contributed by atoms with E-state index in [2.05, 4.69) is 5.32 Å². The Balaban J connectivity index is 1.97. The molecule has 0 spiro atoms. The fourth-order valence-electron chi connectivity index (χ4n) is 3.40. The third kappa shape index (κ3) is 6.21. The number of nitrogens with zero attached hydrogens (tertiary/aromatic N) is 1. The highest BCUT2D eigenvalue weighted by atomic mass is 16.5. The van der Waals surface area contributed by atoms with Crippen molar-refractivity contribution in [3.63, 3.8) is 0 Å². The number of carbonyl (C=O) groups excluding carboxylic acids is 3. The predicted octanol–water partition coefficient (Wildman–Crippen LogP) is 2.64. The number of hydrogen-bond donors (Lipinski definition) is 1. The van der Waals surface area contributed by atoms with Crippen LogP contribution in [0.4, 0.5) is 0 Å². The summed E-state index contributed by atoms with van der Waals surface area (Å²) in [6.45, 7) is 9.41. The van der Waals surface area contributed by atoms with Gasteiger partial charge < -0.3 is 19.7 Å². The van der Waals surface area contributed by atoms with Gasteiger partial charge in [0.05, 0.1) is 19.1 Å². The van der Waals surface area contributed by atoms with E-state index in [-0.39, 0.29) is 29.6 Å². The third-order valence-corrected chi connectivity index (χ3v) is 5.07. The molecule has 29 heavy (non-hydrogen) atoms. The van der Waals surface area contributed by atoms with Crippen LogP contribution in [0.1, 0.15) is 50.9 Å². The topological polar surface area (TPSA) is 84.9 Å². The average molecular weight is 405 g/mol. The van der Waals surface area contributed by atoms with Crippen LogP contribution >= 0.6 is 0 Å². The number of esters is 1. The molecule has 1 saturated heterocycles. The second-order valence-corrected chi connectivity index (χ2v) is 7.50. The van der Waals surface area contributed by atoms with Gasteiger partial charge in [0.1, 0.15) is 11.8 Å². The van der Waals surface area contributed by atoms with Gasteiger partial charge in [-0.05, 0) is 56.9 Å². The van der Waals surface area contributed by atoms with Gasteiger partial charge in [0.25, 0.3) is 5.91 Å². The SMILES string of the molecule is CCOC(=O)C1CCN(C(=O)[C@H](NC(=O)c2ccc(OCC)cc2)C(C)C)CC1. The molecule has 1 atom stereocenters. The number of nitrogens with one attached hydrogen (secondary N) is 1. The van der Waals surface area contributed by atoms with Crippen LogP contribution in [0.5, 0.6) is 5.75 Å². The number of ether oxygens (including phenoxy) is 2. The van der Waals surface area contributed by atoms with Crippen LogP contribution in [0.15, 0.2) is 24.3 Å². The fraction of sp³-hybridized carbons (Fsp3) is 0.591. The first-order valence-corrected chi connectivity index (χ1v) is 10.4. The van der Waals surface area contributed by atoms with Gasteiger partial charge in [0.2, 0.25) is 5.91 Å². The molecular formula is C22H32N2O5. The van der Waals surface area contributed by atoms with Crippen LogP contribution in [-0.2, 0) is 14.3 Å². The van der Waals surface area contributed by atoms with Crippen molar-refractivity contribution in [2.75, 3.05) is 26.3 Å². The summed E-state index contributed by atoms with van der Waals surface area (Å²) in [5, 5.41) is 2.87. The Morgan fingerprint density at radius 2 is 1.69 bits per heavy atom. The van der Waals surface area contributed by atoms with E-state index in [1.54, 1.807) is 36.1 Å². The molecule has 2 amide bonds. The number of piperidine rings is 1. The quantitative estimate of drug-likeness (QED) is 0.674. The lowest BCUT2D eigenvalue weighted by molar-refractivity contribution is -0.151. The summed E-state index contributed by atoms with van der Waals surface area (Å²) in [5.74, 6) is -0.108. The minimum absolute atomic E-state index is 0.0584. The first-order chi connectivity index (χ1) is 13.9. The van der Waals surface area contributed by atoms with Crippen LogP contribution in [-0.4, -0.2) is 55.0 Å². The predicted molar refractivity (Wildman–Crippen MR) is 110 cm³/mol. The van der Waals surface area contributed by atoms with E-state index in [9.17, 15) is 14.4 Å². The molecule has 0 bridgehead atoms. The minimum atomic E-state index is -0.617. The van der Waals surface area contributed by atoms with E-state index in [0.717, 1.165) is 0 Å². The molecule has 1 fully saturated rings. The van der Waals surface area contributed by atoms with Crippen LogP contribution in [0.3, 0.4) is 0 Å². The molecule has 160 valence electrons. The second kappa shape index (κ2) is 10.8. The third-order valence-electron chi connectivity index (χ3n) is 5.07. The van der Waals surface area contributed by atoms with Crippen molar-refractivity contribution in [1.82, 2.24) is 10.2 Å². The standard InChI is InChI=1S/C22H32N2O5/c1-5-28-18-9-7-16(8-10-18)20(25)23-19(15(3)4)21(26)24-13-11-17(12-14-24)22(27)29-6-2/h7-10,15,17,19H,5-6,11-14H2,1-4H3,(H,23,25)/t19-/m1/s1. The molecule has 1 aliphatic heterocycles. The van der Waals surface area contributed by atoms with Gasteiger partial charge in [-0.15, -0.1) is 0 Å². The van der Waals surface area contributed by atoms with Crippen molar-refractivity contribution in [1.29, 1.82) is 0 Å². The van der Waals surface area contributed by atoms with Crippen molar-refractivity contribution < 1.29 is 23.9 Å². The Bertz CT molecular complexity index is 694. The zero-order valence-corrected chi connectivity index (χ0v) is 17.8. The molecule has 2 rings (SSSR count). The highest BCUT2D eigenvalue weighted by Crippen LogP contribution is 2.21. The lowest BCUT2D eigenvalue weighted by Crippen LogP contribution is -2.53. The van der Waals surface area contributed by atoms with Gasteiger partial charge in [-0.1, -0.05) is 13.8 Å². The first kappa shape index (κ1) is 22.7. The maximum atomic E-state index is 13.0. The van der Waals surface area contributed by atoms with E-state index in [4.69, 9.17) is 9.47 Å². The van der Waals surface area contributed by atoms with Gasteiger partial charge in [0.15, 0.2) is 0 Å². The number of hydrogen-bond acceptors (Lipinski definition) is 5. The summed E-state index contributed by atoms with van der Waals surface area (Å²) in [5.41, 5.74) is 0.480. The maximum Gasteiger partial charge on any atom is 0.309 e. The van der Waals surface area contributed by atoms with Crippen molar-refractivity contribution in [2.24, 2.45) is 11.8 Å². The molecule has 0 radical (unpaired) electrons. The lowest BCUT2D eigenvalue weighted by Gasteiger charge is -2.34. The summed E-state index contributed by atoms with van der Waals surface area (Å²) in [6, 6.07) is 6.24. The molecule has 0 saturated carbocycles. The summed E-state index contributed by atoms with van der Waals surface area (Å²) in [7, 11) is 0. The van der Waals surface area contributed by atoms with Crippen LogP contribution in [0, 0.1) is 11.8 Å². The van der Waals surface area contributed by atoms with Crippen molar-refractivity contribution >= 4 is 17.8 Å². The molecule has 7 heteroatoms. The summed E-state index contributed by atoms with van der Waals surface area (Å²) in [6.07, 6.45) is 1.17. The average Bonchev–Trinajstić information content (AvgIpc) is 2.72. The molecular weight excluding hydrogens is 372 g/mol. The number of amides is 2. The Morgan fingerprint density at radius 3 is 2.21 bits per heavy atom. The number of benzene rings is 1. The Hall–Kier alpha value is -2.57. The lowest BCUT2D eigenvalue weighted by atomic mass is 9.95. The molecule has 1 heterocycles. The largest absolute Gasteiger partial charge is 0.494 e. The Kier molecular flexibility index (Phi) is 8.49. The van der Waals surface area contributed by atoms with Crippen LogP contribution in [0.25, 0.3) is 0 Å². The van der Waals surface area contributed by atoms with E-state index < -0.39 is 6.04 Å². The Morgan fingerprint density at radius 1 is 1.07 bits per heavy atom.